The van der Waals surface area contributed by atoms with Crippen LogP contribution in [-0.4, -0.2) is 31.0 Å². The van der Waals surface area contributed by atoms with Crippen LogP contribution in [0.25, 0.3) is 5.69 Å². The highest BCUT2D eigenvalue weighted by molar-refractivity contribution is 7.98. The lowest BCUT2D eigenvalue weighted by Crippen LogP contribution is -2.11. The van der Waals surface area contributed by atoms with Gasteiger partial charge in [0.05, 0.1) is 10.6 Å². The van der Waals surface area contributed by atoms with Gasteiger partial charge in [0, 0.05) is 22.9 Å². The number of nitro groups is 1. The van der Waals surface area contributed by atoms with Gasteiger partial charge in [0.2, 0.25) is 11.1 Å². The predicted octanol–water partition coefficient (Wildman–Crippen LogP) is 2.58. The third kappa shape index (κ3) is 3.80. The Labute approximate surface area is 158 Å². The molecule has 3 aromatic rings. The van der Waals surface area contributed by atoms with Gasteiger partial charge in [-0.15, -0.1) is 5.10 Å². The highest BCUT2D eigenvalue weighted by atomic mass is 32.2. The number of nitrogens with two attached hydrogens (primary N) is 1. The molecule has 9 nitrogen and oxygen atoms in total. The van der Waals surface area contributed by atoms with Crippen molar-refractivity contribution in [2.45, 2.75) is 24.8 Å². The van der Waals surface area contributed by atoms with Crippen LogP contribution in [0.5, 0.6) is 0 Å². The number of hydrogen-bond acceptors (Lipinski definition) is 7. The zero-order valence-corrected chi connectivity index (χ0v) is 15.4. The van der Waals surface area contributed by atoms with Gasteiger partial charge < -0.3 is 5.73 Å². The summed E-state index contributed by atoms with van der Waals surface area (Å²) in [5.74, 6) is -0.447. The Morgan fingerprint density at radius 3 is 2.59 bits per heavy atom. The second-order valence-corrected chi connectivity index (χ2v) is 6.81. The average molecular weight is 384 g/mol. The molecule has 3 rings (SSSR count). The molecule has 0 bridgehead atoms. The van der Waals surface area contributed by atoms with Gasteiger partial charge in [-0.3, -0.25) is 14.9 Å². The number of tetrazole rings is 1. The fourth-order valence-electron chi connectivity index (χ4n) is 2.70. The van der Waals surface area contributed by atoms with Crippen LogP contribution >= 0.6 is 11.8 Å². The van der Waals surface area contributed by atoms with Crippen LogP contribution in [0.3, 0.4) is 0 Å². The number of aromatic nitrogens is 4. The van der Waals surface area contributed by atoms with E-state index in [9.17, 15) is 14.9 Å². The Hall–Kier alpha value is -3.27. The molecule has 1 heterocycles. The van der Waals surface area contributed by atoms with Gasteiger partial charge in [-0.05, 0) is 41.5 Å². The number of carbonyl (C=O) groups is 1. The molecule has 0 spiro atoms. The van der Waals surface area contributed by atoms with Crippen LogP contribution in [0.15, 0.2) is 41.6 Å². The number of thioether (sulfide) groups is 1. The largest absolute Gasteiger partial charge is 0.366 e. The molecular weight excluding hydrogens is 368 g/mol. The molecule has 1 amide bonds. The summed E-state index contributed by atoms with van der Waals surface area (Å²) in [6.07, 6.45) is 0. The van der Waals surface area contributed by atoms with Crippen molar-refractivity contribution in [1.82, 2.24) is 20.2 Å². The number of amides is 1. The van der Waals surface area contributed by atoms with Gasteiger partial charge >= 0.3 is 0 Å². The molecule has 1 aromatic heterocycles. The van der Waals surface area contributed by atoms with E-state index in [1.165, 1.54) is 30.0 Å². The minimum atomic E-state index is -0.712. The Kier molecular flexibility index (Phi) is 5.17. The molecule has 2 N–H and O–H groups in total. The van der Waals surface area contributed by atoms with E-state index < -0.39 is 10.8 Å². The number of rotatable bonds is 6. The highest BCUT2D eigenvalue weighted by Gasteiger charge is 2.19. The van der Waals surface area contributed by atoms with E-state index in [0.29, 0.717) is 10.7 Å². The summed E-state index contributed by atoms with van der Waals surface area (Å²) in [6.45, 7) is 3.93. The minimum Gasteiger partial charge on any atom is -0.366 e. The van der Waals surface area contributed by atoms with E-state index in [0.717, 1.165) is 16.8 Å². The lowest BCUT2D eigenvalue weighted by atomic mass is 10.1. The third-order valence-electron chi connectivity index (χ3n) is 4.02. The molecule has 0 radical (unpaired) electrons. The molecule has 0 saturated heterocycles. The van der Waals surface area contributed by atoms with Gasteiger partial charge in [0.25, 0.3) is 5.69 Å². The number of hydrogen-bond donors (Lipinski definition) is 1. The molecule has 0 aliphatic rings. The van der Waals surface area contributed by atoms with Crippen LogP contribution in [0.2, 0.25) is 0 Å². The van der Waals surface area contributed by atoms with E-state index in [4.69, 9.17) is 5.73 Å². The molecule has 0 unspecified atom stereocenters. The Morgan fingerprint density at radius 1 is 1.26 bits per heavy atom. The molecule has 0 aliphatic heterocycles. The zero-order valence-electron chi connectivity index (χ0n) is 14.6. The summed E-state index contributed by atoms with van der Waals surface area (Å²) in [5.41, 5.74) is 8.49. The zero-order chi connectivity index (χ0) is 19.6. The van der Waals surface area contributed by atoms with E-state index in [1.54, 1.807) is 4.68 Å². The van der Waals surface area contributed by atoms with Crippen LogP contribution < -0.4 is 5.73 Å². The first-order valence-electron chi connectivity index (χ1n) is 7.93. The molecule has 138 valence electrons. The smallest absolute Gasteiger partial charge is 0.274 e. The third-order valence-corrected chi connectivity index (χ3v) is 4.98. The number of nitrogens with zero attached hydrogens (tertiary/aromatic N) is 5. The second kappa shape index (κ2) is 7.54. The van der Waals surface area contributed by atoms with Gasteiger partial charge in [-0.2, -0.15) is 4.68 Å². The van der Waals surface area contributed by atoms with E-state index in [1.807, 2.05) is 32.0 Å². The van der Waals surface area contributed by atoms with Crippen molar-refractivity contribution in [1.29, 1.82) is 0 Å². The van der Waals surface area contributed by atoms with E-state index >= 15 is 0 Å². The summed E-state index contributed by atoms with van der Waals surface area (Å²) in [5, 5.41) is 23.7. The monoisotopic (exact) mass is 384 g/mol. The topological polar surface area (TPSA) is 130 Å². The first-order valence-corrected chi connectivity index (χ1v) is 8.92. The second-order valence-electron chi connectivity index (χ2n) is 5.87. The SMILES string of the molecule is Cc1cccc(C)c1-n1nnnc1SCc1ccc(C(N)=O)cc1[N+](=O)[O-]. The molecule has 0 atom stereocenters. The fraction of sp³-hybridized carbons (Fsp3) is 0.176. The molecule has 27 heavy (non-hydrogen) atoms. The first kappa shape index (κ1) is 18.5. The predicted molar refractivity (Wildman–Crippen MR) is 99.8 cm³/mol. The number of primary amides is 1. The fourth-order valence-corrected chi connectivity index (χ4v) is 3.57. The van der Waals surface area contributed by atoms with Crippen LogP contribution in [0.1, 0.15) is 27.0 Å². The first-order chi connectivity index (χ1) is 12.9. The molecule has 0 fully saturated rings. The molecule has 2 aromatic carbocycles. The van der Waals surface area contributed by atoms with Gasteiger partial charge in [0.15, 0.2) is 0 Å². The number of carbonyl (C=O) groups excluding carboxylic acids is 1. The Bertz CT molecular complexity index is 1010. The van der Waals surface area contributed by atoms with Crippen LogP contribution in [0.4, 0.5) is 5.69 Å². The van der Waals surface area contributed by atoms with Crippen LogP contribution in [0, 0.1) is 24.0 Å². The summed E-state index contributed by atoms with van der Waals surface area (Å²) in [6, 6.07) is 10.1. The number of nitro benzene ring substituents is 1. The quantitative estimate of drug-likeness (QED) is 0.393. The maximum atomic E-state index is 11.3. The van der Waals surface area contributed by atoms with Crippen molar-refractivity contribution in [3.05, 3.63) is 68.8 Å². The lowest BCUT2D eigenvalue weighted by molar-refractivity contribution is -0.385. The van der Waals surface area contributed by atoms with E-state index in [-0.39, 0.29) is 17.0 Å². The summed E-state index contributed by atoms with van der Waals surface area (Å²) in [4.78, 5) is 22.1. The molecule has 10 heteroatoms. The van der Waals surface area contributed by atoms with Crippen molar-refractivity contribution >= 4 is 23.4 Å². The maximum absolute atomic E-state index is 11.3. The maximum Gasteiger partial charge on any atom is 0.274 e. The summed E-state index contributed by atoms with van der Waals surface area (Å²) < 4.78 is 1.62. The Morgan fingerprint density at radius 2 is 1.96 bits per heavy atom. The summed E-state index contributed by atoms with van der Waals surface area (Å²) >= 11 is 1.27. The lowest BCUT2D eigenvalue weighted by Gasteiger charge is -2.10. The summed E-state index contributed by atoms with van der Waals surface area (Å²) in [7, 11) is 0. The van der Waals surface area contributed by atoms with Crippen molar-refractivity contribution in [3.8, 4) is 5.69 Å². The minimum absolute atomic E-state index is 0.0934. The molecular formula is C17H16N6O3S. The van der Waals surface area contributed by atoms with Crippen molar-refractivity contribution in [3.63, 3.8) is 0 Å². The Balaban J connectivity index is 1.90. The number of benzene rings is 2. The molecule has 0 aliphatic carbocycles. The van der Waals surface area contributed by atoms with Gasteiger partial charge in [-0.25, -0.2) is 0 Å². The number of aryl methyl sites for hydroxylation is 2. The van der Waals surface area contributed by atoms with Gasteiger partial charge in [-0.1, -0.05) is 36.0 Å². The van der Waals surface area contributed by atoms with Crippen molar-refractivity contribution < 1.29 is 9.72 Å². The van der Waals surface area contributed by atoms with Crippen molar-refractivity contribution in [2.75, 3.05) is 0 Å². The molecule has 0 saturated carbocycles. The van der Waals surface area contributed by atoms with Crippen molar-refractivity contribution in [2.24, 2.45) is 5.73 Å². The normalized spacial score (nSPS) is 10.7. The number of para-hydroxylation sites is 1. The standard InChI is InChI=1S/C17H16N6O3S/c1-10-4-3-5-11(2)15(10)22-17(19-20-21-22)27-9-13-7-6-12(16(18)24)8-14(13)23(25)26/h3-8H,9H2,1-2H3,(H2,18,24). The average Bonchev–Trinajstić information content (AvgIpc) is 3.07. The van der Waals surface area contributed by atoms with Crippen LogP contribution in [-0.2, 0) is 5.75 Å². The van der Waals surface area contributed by atoms with E-state index in [2.05, 4.69) is 15.5 Å². The van der Waals surface area contributed by atoms with Gasteiger partial charge in [0.1, 0.15) is 0 Å². The highest BCUT2D eigenvalue weighted by Crippen LogP contribution is 2.29.